The van der Waals surface area contributed by atoms with Crippen LogP contribution in [0.25, 0.3) is 0 Å². The summed E-state index contributed by atoms with van der Waals surface area (Å²) in [6.45, 7) is -1.31. The molecule has 0 bridgehead atoms. The van der Waals surface area contributed by atoms with Gasteiger partial charge in [-0.2, -0.15) is 13.2 Å². The van der Waals surface area contributed by atoms with Gasteiger partial charge in [-0.05, 0) is 71.6 Å². The number of nitrogens with zero attached hydrogens (tertiary/aromatic N) is 2. The largest absolute Gasteiger partial charge is 0.478 e. The summed E-state index contributed by atoms with van der Waals surface area (Å²) < 4.78 is 111. The molecule has 0 atom stereocenters. The molecule has 0 fully saturated rings. The standard InChI is InChI=1S/C30H19ClF8N2O3S/c31-20-9-3-16(4-10-20)13-40(45-28-26(35)24(33)23(32)25(34)27(28)36)15-22(42)41(21-11-5-18(6-12-21)29(43)44)14-17-1-7-19(8-2-17)30(37,38)39/h1-12H,13-15H2,(H,43,44). The Labute approximate surface area is 259 Å². The van der Waals surface area contributed by atoms with Crippen molar-refractivity contribution >= 4 is 41.1 Å². The molecule has 4 aromatic carbocycles. The van der Waals surface area contributed by atoms with Crippen LogP contribution in [-0.2, 0) is 24.1 Å². The summed E-state index contributed by atoms with van der Waals surface area (Å²) in [6.07, 6.45) is -4.62. The summed E-state index contributed by atoms with van der Waals surface area (Å²) >= 11 is 6.00. The van der Waals surface area contributed by atoms with Gasteiger partial charge in [-0.1, -0.05) is 35.9 Å². The fourth-order valence-corrected chi connectivity index (χ4v) is 5.15. The number of carboxylic acids is 1. The molecule has 4 aromatic rings. The number of carbonyl (C=O) groups is 2. The summed E-state index contributed by atoms with van der Waals surface area (Å²) in [5.74, 6) is -13.0. The van der Waals surface area contributed by atoms with Crippen molar-refractivity contribution < 1.29 is 49.8 Å². The monoisotopic (exact) mass is 674 g/mol. The minimum absolute atomic E-state index is 0.0898. The van der Waals surface area contributed by atoms with Crippen LogP contribution in [0.1, 0.15) is 27.0 Å². The van der Waals surface area contributed by atoms with Gasteiger partial charge in [-0.15, -0.1) is 0 Å². The third-order valence-electron chi connectivity index (χ3n) is 6.32. The van der Waals surface area contributed by atoms with E-state index < -0.39 is 64.1 Å². The minimum Gasteiger partial charge on any atom is -0.478 e. The molecule has 1 amide bonds. The summed E-state index contributed by atoms with van der Waals surface area (Å²) in [6, 6.07) is 14.7. The normalized spacial score (nSPS) is 11.6. The van der Waals surface area contributed by atoms with Gasteiger partial charge in [0.15, 0.2) is 23.3 Å². The zero-order chi connectivity index (χ0) is 33.1. The second-order valence-electron chi connectivity index (χ2n) is 9.44. The van der Waals surface area contributed by atoms with Gasteiger partial charge >= 0.3 is 12.1 Å². The number of rotatable bonds is 10. The summed E-state index contributed by atoms with van der Waals surface area (Å²) in [4.78, 5) is 24.9. The highest BCUT2D eigenvalue weighted by atomic mass is 35.5. The van der Waals surface area contributed by atoms with Gasteiger partial charge < -0.3 is 10.0 Å². The summed E-state index contributed by atoms with van der Waals surface area (Å²) in [5.41, 5.74) is -0.299. The molecule has 0 aliphatic carbocycles. The van der Waals surface area contributed by atoms with Crippen molar-refractivity contribution in [1.82, 2.24) is 4.31 Å². The highest BCUT2D eigenvalue weighted by molar-refractivity contribution is 7.97. The third-order valence-corrected chi connectivity index (χ3v) is 7.63. The number of hydrogen-bond donors (Lipinski definition) is 1. The van der Waals surface area contributed by atoms with Crippen molar-refractivity contribution in [2.45, 2.75) is 24.2 Å². The van der Waals surface area contributed by atoms with Gasteiger partial charge in [0, 0.05) is 17.3 Å². The van der Waals surface area contributed by atoms with Crippen molar-refractivity contribution in [3.05, 3.63) is 129 Å². The molecule has 0 spiro atoms. The Morgan fingerprint density at radius 2 is 1.20 bits per heavy atom. The van der Waals surface area contributed by atoms with E-state index in [4.69, 9.17) is 11.6 Å². The molecule has 0 aliphatic rings. The van der Waals surface area contributed by atoms with Crippen molar-refractivity contribution in [2.75, 3.05) is 11.4 Å². The molecule has 45 heavy (non-hydrogen) atoms. The molecule has 15 heteroatoms. The van der Waals surface area contributed by atoms with Crippen LogP contribution in [0.2, 0.25) is 5.02 Å². The zero-order valence-electron chi connectivity index (χ0n) is 22.5. The minimum atomic E-state index is -4.62. The average Bonchev–Trinajstić information content (AvgIpc) is 3.00. The van der Waals surface area contributed by atoms with Gasteiger partial charge in [-0.3, -0.25) is 4.79 Å². The first-order chi connectivity index (χ1) is 21.1. The Bertz CT molecular complexity index is 1670. The Morgan fingerprint density at radius 3 is 1.71 bits per heavy atom. The molecule has 236 valence electrons. The Morgan fingerprint density at radius 1 is 0.711 bits per heavy atom. The molecule has 0 saturated heterocycles. The molecular weight excluding hydrogens is 656 g/mol. The van der Waals surface area contributed by atoms with Crippen LogP contribution >= 0.6 is 23.5 Å². The van der Waals surface area contributed by atoms with Gasteiger partial charge in [0.05, 0.1) is 24.2 Å². The Kier molecular flexibility index (Phi) is 10.4. The van der Waals surface area contributed by atoms with Gasteiger partial charge in [0.2, 0.25) is 11.7 Å². The van der Waals surface area contributed by atoms with E-state index >= 15 is 0 Å². The number of carbonyl (C=O) groups excluding carboxylic acids is 1. The molecule has 0 unspecified atom stereocenters. The topological polar surface area (TPSA) is 60.9 Å². The smallest absolute Gasteiger partial charge is 0.416 e. The maximum atomic E-state index is 14.6. The van der Waals surface area contributed by atoms with Crippen LogP contribution in [0, 0.1) is 29.1 Å². The van der Waals surface area contributed by atoms with Gasteiger partial charge in [0.1, 0.15) is 4.90 Å². The first-order valence-corrected chi connectivity index (χ1v) is 13.8. The molecule has 5 nitrogen and oxygen atoms in total. The highest BCUT2D eigenvalue weighted by Gasteiger charge is 2.31. The van der Waals surface area contributed by atoms with E-state index in [1.807, 2.05) is 0 Å². The van der Waals surface area contributed by atoms with Crippen LogP contribution in [0.5, 0.6) is 0 Å². The SMILES string of the molecule is O=C(O)c1ccc(N(Cc2ccc(C(F)(F)F)cc2)C(=O)CN(Cc2ccc(Cl)cc2)Sc2c(F)c(F)c(F)c(F)c2F)cc1. The summed E-state index contributed by atoms with van der Waals surface area (Å²) in [5, 5.41) is 9.57. The first kappa shape index (κ1) is 33.7. The maximum Gasteiger partial charge on any atom is 0.416 e. The van der Waals surface area contributed by atoms with Crippen molar-refractivity contribution in [2.24, 2.45) is 0 Å². The number of alkyl halides is 3. The third kappa shape index (κ3) is 8.12. The van der Waals surface area contributed by atoms with E-state index in [1.165, 1.54) is 48.5 Å². The number of aromatic carboxylic acids is 1. The maximum absolute atomic E-state index is 14.6. The number of anilines is 1. The van der Waals surface area contributed by atoms with E-state index in [1.54, 1.807) is 0 Å². The molecule has 0 aromatic heterocycles. The predicted octanol–water partition coefficient (Wildman–Crippen LogP) is 8.50. The number of hydrogen-bond acceptors (Lipinski definition) is 4. The number of halogens is 9. The van der Waals surface area contributed by atoms with E-state index in [2.05, 4.69) is 0 Å². The molecular formula is C30H19ClF8N2O3S. The van der Waals surface area contributed by atoms with Crippen LogP contribution < -0.4 is 4.90 Å². The number of carboxylic acid groups (broad SMARTS) is 1. The fourth-order valence-electron chi connectivity index (χ4n) is 4.03. The Balaban J connectivity index is 1.71. The lowest BCUT2D eigenvalue weighted by Crippen LogP contribution is -2.38. The van der Waals surface area contributed by atoms with Crippen molar-refractivity contribution in [3.63, 3.8) is 0 Å². The van der Waals surface area contributed by atoms with Crippen LogP contribution in [-0.4, -0.2) is 27.8 Å². The fraction of sp³-hybridized carbons (Fsp3) is 0.133. The average molecular weight is 675 g/mol. The second-order valence-corrected chi connectivity index (χ2v) is 11.0. The molecule has 0 aliphatic heterocycles. The second kappa shape index (κ2) is 13.9. The lowest BCUT2D eigenvalue weighted by atomic mass is 10.1. The van der Waals surface area contributed by atoms with Crippen molar-refractivity contribution in [1.29, 1.82) is 0 Å². The molecule has 0 heterocycles. The van der Waals surface area contributed by atoms with Gasteiger partial charge in [-0.25, -0.2) is 31.1 Å². The zero-order valence-corrected chi connectivity index (χ0v) is 24.1. The summed E-state index contributed by atoms with van der Waals surface area (Å²) in [7, 11) is 0. The number of amides is 1. The highest BCUT2D eigenvalue weighted by Crippen LogP contribution is 2.35. The van der Waals surface area contributed by atoms with E-state index in [0.29, 0.717) is 10.6 Å². The van der Waals surface area contributed by atoms with Gasteiger partial charge in [0.25, 0.3) is 0 Å². The molecule has 1 N–H and O–H groups in total. The van der Waals surface area contributed by atoms with Crippen LogP contribution in [0.15, 0.2) is 77.7 Å². The van der Waals surface area contributed by atoms with E-state index in [-0.39, 0.29) is 41.9 Å². The van der Waals surface area contributed by atoms with Crippen LogP contribution in [0.3, 0.4) is 0 Å². The predicted molar refractivity (Wildman–Crippen MR) is 150 cm³/mol. The lowest BCUT2D eigenvalue weighted by molar-refractivity contribution is -0.137. The molecule has 0 saturated carbocycles. The molecule has 0 radical (unpaired) electrons. The molecule has 4 rings (SSSR count). The quantitative estimate of drug-likeness (QED) is 0.0792. The van der Waals surface area contributed by atoms with E-state index in [9.17, 15) is 49.8 Å². The first-order valence-electron chi connectivity index (χ1n) is 12.6. The Hall–Kier alpha value is -4.14. The van der Waals surface area contributed by atoms with Crippen molar-refractivity contribution in [3.8, 4) is 0 Å². The van der Waals surface area contributed by atoms with E-state index in [0.717, 1.165) is 33.5 Å². The van der Waals surface area contributed by atoms with Crippen LogP contribution in [0.4, 0.5) is 40.8 Å². The lowest BCUT2D eigenvalue weighted by Gasteiger charge is -2.28. The number of benzene rings is 4.